The molecule has 0 saturated carbocycles. The molecule has 3 aromatic carbocycles. The van der Waals surface area contributed by atoms with E-state index in [1.807, 2.05) is 42.5 Å². The van der Waals surface area contributed by atoms with Gasteiger partial charge in [0.15, 0.2) is 5.78 Å². The minimum Gasteiger partial charge on any atom is -0.321 e. The highest BCUT2D eigenvalue weighted by atomic mass is 35.5. The number of benzene rings is 3. The topological polar surface area (TPSA) is 46.2 Å². The number of halogens is 2. The van der Waals surface area contributed by atoms with E-state index >= 15 is 0 Å². The van der Waals surface area contributed by atoms with Crippen LogP contribution in [-0.4, -0.2) is 11.7 Å². The molecule has 148 valence electrons. The van der Waals surface area contributed by atoms with Crippen LogP contribution in [0.3, 0.4) is 0 Å². The van der Waals surface area contributed by atoms with Gasteiger partial charge in [-0.1, -0.05) is 59.6 Å². The fraction of sp³-hybridized carbons (Fsp3) is 0. The first kappa shape index (κ1) is 20.4. The van der Waals surface area contributed by atoms with E-state index in [0.29, 0.717) is 26.2 Å². The van der Waals surface area contributed by atoms with E-state index in [9.17, 15) is 9.59 Å². The third-order valence-corrected chi connectivity index (χ3v) is 6.51. The number of allylic oxidation sites excluding steroid dienone is 1. The Morgan fingerprint density at radius 2 is 1.57 bits per heavy atom. The SMILES string of the molecule is O=C(/C=C/c1ccccc1Cl)c1ccc(NC(=O)c2sc3ccccc3c2Cl)cc1. The molecule has 0 radical (unpaired) electrons. The molecule has 0 aliphatic carbocycles. The van der Waals surface area contributed by atoms with Crippen molar-refractivity contribution in [3.8, 4) is 0 Å². The van der Waals surface area contributed by atoms with Crippen molar-refractivity contribution >= 4 is 68.1 Å². The van der Waals surface area contributed by atoms with Crippen molar-refractivity contribution in [3.63, 3.8) is 0 Å². The van der Waals surface area contributed by atoms with Crippen LogP contribution in [0.5, 0.6) is 0 Å². The molecular formula is C24H15Cl2NO2S. The van der Waals surface area contributed by atoms with E-state index in [1.54, 1.807) is 36.4 Å². The lowest BCUT2D eigenvalue weighted by molar-refractivity contribution is 0.102. The van der Waals surface area contributed by atoms with Crippen LogP contribution < -0.4 is 5.32 Å². The highest BCUT2D eigenvalue weighted by Crippen LogP contribution is 2.35. The number of thiophene rings is 1. The summed E-state index contributed by atoms with van der Waals surface area (Å²) in [6.45, 7) is 0. The third kappa shape index (κ3) is 4.31. The van der Waals surface area contributed by atoms with Gasteiger partial charge in [-0.2, -0.15) is 0 Å². The lowest BCUT2D eigenvalue weighted by Gasteiger charge is -2.05. The number of carbonyl (C=O) groups excluding carboxylic acids is 2. The van der Waals surface area contributed by atoms with Crippen LogP contribution in [0.15, 0.2) is 78.9 Å². The van der Waals surface area contributed by atoms with Gasteiger partial charge in [0.25, 0.3) is 5.91 Å². The van der Waals surface area contributed by atoms with E-state index in [-0.39, 0.29) is 11.7 Å². The zero-order chi connectivity index (χ0) is 21.1. The number of hydrogen-bond acceptors (Lipinski definition) is 3. The van der Waals surface area contributed by atoms with Gasteiger partial charge in [0, 0.05) is 26.4 Å². The molecule has 30 heavy (non-hydrogen) atoms. The molecule has 0 aliphatic heterocycles. The van der Waals surface area contributed by atoms with Crippen LogP contribution in [-0.2, 0) is 0 Å². The molecule has 0 bridgehead atoms. The largest absolute Gasteiger partial charge is 0.321 e. The Hall–Kier alpha value is -2.92. The minimum absolute atomic E-state index is 0.152. The zero-order valence-corrected chi connectivity index (χ0v) is 17.9. The Bertz CT molecular complexity index is 1280. The molecule has 0 unspecified atom stereocenters. The molecular weight excluding hydrogens is 437 g/mol. The Kier molecular flexibility index (Phi) is 6.00. The summed E-state index contributed by atoms with van der Waals surface area (Å²) >= 11 is 13.8. The lowest BCUT2D eigenvalue weighted by Crippen LogP contribution is -2.10. The Labute approximate surface area is 187 Å². The summed E-state index contributed by atoms with van der Waals surface area (Å²) in [5.41, 5.74) is 1.87. The number of ketones is 1. The van der Waals surface area contributed by atoms with Gasteiger partial charge in [0.1, 0.15) is 4.88 Å². The monoisotopic (exact) mass is 451 g/mol. The number of amides is 1. The fourth-order valence-corrected chi connectivity index (χ4v) is 4.55. The predicted octanol–water partition coefficient (Wildman–Crippen LogP) is 7.36. The van der Waals surface area contributed by atoms with Crippen LogP contribution in [0.4, 0.5) is 5.69 Å². The average Bonchev–Trinajstić information content (AvgIpc) is 3.10. The molecule has 0 fully saturated rings. The Balaban J connectivity index is 1.46. The third-order valence-electron chi connectivity index (χ3n) is 4.49. The van der Waals surface area contributed by atoms with Crippen molar-refractivity contribution in [2.45, 2.75) is 0 Å². The molecule has 0 atom stereocenters. The summed E-state index contributed by atoms with van der Waals surface area (Å²) in [7, 11) is 0. The quantitative estimate of drug-likeness (QED) is 0.254. The second-order valence-corrected chi connectivity index (χ2v) is 8.33. The number of rotatable bonds is 5. The van der Waals surface area contributed by atoms with Gasteiger partial charge in [-0.25, -0.2) is 0 Å². The molecule has 1 heterocycles. The van der Waals surface area contributed by atoms with E-state index < -0.39 is 0 Å². The standard InChI is InChI=1S/C24H15Cl2NO2S/c25-19-7-3-1-5-15(19)11-14-20(28)16-9-12-17(13-10-16)27-24(29)23-22(26)18-6-2-4-8-21(18)30-23/h1-14H,(H,27,29)/b14-11+. The summed E-state index contributed by atoms with van der Waals surface area (Å²) in [4.78, 5) is 25.5. The second-order valence-electron chi connectivity index (χ2n) is 6.49. The smallest absolute Gasteiger partial charge is 0.267 e. The van der Waals surface area contributed by atoms with E-state index in [4.69, 9.17) is 23.2 Å². The van der Waals surface area contributed by atoms with Gasteiger partial charge < -0.3 is 5.32 Å². The van der Waals surface area contributed by atoms with E-state index in [2.05, 4.69) is 5.32 Å². The molecule has 3 nitrogen and oxygen atoms in total. The average molecular weight is 452 g/mol. The first-order valence-corrected chi connectivity index (χ1v) is 10.7. The van der Waals surface area contributed by atoms with Gasteiger partial charge in [-0.3, -0.25) is 9.59 Å². The first-order chi connectivity index (χ1) is 14.5. The Morgan fingerprint density at radius 1 is 0.867 bits per heavy atom. The molecule has 1 aromatic heterocycles. The van der Waals surface area contributed by atoms with Crippen molar-refractivity contribution in [2.24, 2.45) is 0 Å². The number of fused-ring (bicyclic) bond motifs is 1. The fourth-order valence-electron chi connectivity index (χ4n) is 2.94. The number of carbonyl (C=O) groups is 2. The molecule has 1 N–H and O–H groups in total. The van der Waals surface area contributed by atoms with Crippen molar-refractivity contribution in [2.75, 3.05) is 5.32 Å². The van der Waals surface area contributed by atoms with Crippen LogP contribution >= 0.6 is 34.5 Å². The number of nitrogens with one attached hydrogen (secondary N) is 1. The lowest BCUT2D eigenvalue weighted by atomic mass is 10.1. The van der Waals surface area contributed by atoms with Gasteiger partial charge in [-0.05, 0) is 54.1 Å². The molecule has 6 heteroatoms. The highest BCUT2D eigenvalue weighted by Gasteiger charge is 2.17. The summed E-state index contributed by atoms with van der Waals surface area (Å²) in [5, 5.41) is 4.72. The van der Waals surface area contributed by atoms with Crippen LogP contribution in [0.1, 0.15) is 25.6 Å². The van der Waals surface area contributed by atoms with Gasteiger partial charge in [0.2, 0.25) is 0 Å². The highest BCUT2D eigenvalue weighted by molar-refractivity contribution is 7.21. The van der Waals surface area contributed by atoms with Crippen molar-refractivity contribution < 1.29 is 9.59 Å². The summed E-state index contributed by atoms with van der Waals surface area (Å²) < 4.78 is 0.957. The van der Waals surface area contributed by atoms with Crippen LogP contribution in [0.2, 0.25) is 10.0 Å². The van der Waals surface area contributed by atoms with Crippen LogP contribution in [0.25, 0.3) is 16.2 Å². The van der Waals surface area contributed by atoms with E-state index in [0.717, 1.165) is 15.6 Å². The molecule has 4 rings (SSSR count). The van der Waals surface area contributed by atoms with Gasteiger partial charge >= 0.3 is 0 Å². The first-order valence-electron chi connectivity index (χ1n) is 9.08. The Morgan fingerprint density at radius 3 is 2.30 bits per heavy atom. The van der Waals surface area contributed by atoms with Gasteiger partial charge in [-0.15, -0.1) is 11.3 Å². The summed E-state index contributed by atoms with van der Waals surface area (Å²) in [5.74, 6) is -0.431. The number of hydrogen-bond donors (Lipinski definition) is 1. The van der Waals surface area contributed by atoms with Crippen molar-refractivity contribution in [3.05, 3.63) is 105 Å². The molecule has 0 aliphatic rings. The van der Waals surface area contributed by atoms with E-state index in [1.165, 1.54) is 17.4 Å². The second kappa shape index (κ2) is 8.84. The van der Waals surface area contributed by atoms with Crippen molar-refractivity contribution in [1.29, 1.82) is 0 Å². The summed E-state index contributed by atoms with van der Waals surface area (Å²) in [6.07, 6.45) is 3.16. The maximum absolute atomic E-state index is 12.6. The molecule has 0 spiro atoms. The molecule has 4 aromatic rings. The molecule has 0 saturated heterocycles. The normalized spacial score (nSPS) is 11.1. The number of anilines is 1. The predicted molar refractivity (Wildman–Crippen MR) is 126 cm³/mol. The van der Waals surface area contributed by atoms with Crippen molar-refractivity contribution in [1.82, 2.24) is 0 Å². The molecule has 1 amide bonds. The maximum Gasteiger partial charge on any atom is 0.267 e. The van der Waals surface area contributed by atoms with Gasteiger partial charge in [0.05, 0.1) is 5.02 Å². The summed E-state index contributed by atoms with van der Waals surface area (Å²) in [6, 6.07) is 21.6. The maximum atomic E-state index is 12.6. The van der Waals surface area contributed by atoms with Crippen LogP contribution in [0, 0.1) is 0 Å². The zero-order valence-electron chi connectivity index (χ0n) is 15.6. The minimum atomic E-state index is -0.279.